The van der Waals surface area contributed by atoms with Crippen molar-refractivity contribution < 1.29 is 14.4 Å². The highest BCUT2D eigenvalue weighted by Crippen LogP contribution is 2.47. The SMILES string of the molecule is CC(=O)C1(C2CCCC(=O)C2)Cc2ccccc2C1=O. The van der Waals surface area contributed by atoms with Gasteiger partial charge in [-0.05, 0) is 37.7 Å². The van der Waals surface area contributed by atoms with Crippen molar-refractivity contribution in [3.8, 4) is 0 Å². The maximum atomic E-state index is 12.8. The molecule has 0 N–H and O–H groups in total. The second-order valence-electron chi connectivity index (χ2n) is 6.02. The minimum absolute atomic E-state index is 0.0692. The molecule has 1 aromatic rings. The molecule has 2 unspecified atom stereocenters. The van der Waals surface area contributed by atoms with Gasteiger partial charge >= 0.3 is 0 Å². The molecule has 2 atom stereocenters. The van der Waals surface area contributed by atoms with Gasteiger partial charge in [0.15, 0.2) is 5.78 Å². The van der Waals surface area contributed by atoms with Crippen molar-refractivity contribution in [2.45, 2.75) is 39.0 Å². The maximum absolute atomic E-state index is 12.8. The number of hydrogen-bond acceptors (Lipinski definition) is 3. The van der Waals surface area contributed by atoms with Gasteiger partial charge in [0.25, 0.3) is 0 Å². The first-order valence-corrected chi connectivity index (χ1v) is 7.21. The van der Waals surface area contributed by atoms with Crippen molar-refractivity contribution in [1.82, 2.24) is 0 Å². The van der Waals surface area contributed by atoms with Gasteiger partial charge in [-0.2, -0.15) is 0 Å². The van der Waals surface area contributed by atoms with Crippen molar-refractivity contribution in [1.29, 1.82) is 0 Å². The summed E-state index contributed by atoms with van der Waals surface area (Å²) in [5.41, 5.74) is 0.631. The fourth-order valence-corrected chi connectivity index (χ4v) is 3.86. The lowest BCUT2D eigenvalue weighted by molar-refractivity contribution is -0.129. The second kappa shape index (κ2) is 4.65. The van der Waals surface area contributed by atoms with Crippen LogP contribution in [0.1, 0.15) is 48.5 Å². The van der Waals surface area contributed by atoms with E-state index >= 15 is 0 Å². The summed E-state index contributed by atoms with van der Waals surface area (Å²) in [4.78, 5) is 36.9. The standard InChI is InChI=1S/C17H18O3/c1-11(18)17(13-6-4-7-14(19)9-13)10-12-5-2-3-8-15(12)16(17)20/h2-3,5,8,13H,4,6-7,9-10H2,1H3. The Morgan fingerprint density at radius 1 is 1.25 bits per heavy atom. The summed E-state index contributed by atoms with van der Waals surface area (Å²) in [5.74, 6) is -0.0921. The quantitative estimate of drug-likeness (QED) is 0.776. The number of hydrogen-bond donors (Lipinski definition) is 0. The van der Waals surface area contributed by atoms with Crippen LogP contribution in [0.5, 0.6) is 0 Å². The molecule has 0 heterocycles. The largest absolute Gasteiger partial charge is 0.300 e. The molecule has 104 valence electrons. The topological polar surface area (TPSA) is 51.2 Å². The van der Waals surface area contributed by atoms with Crippen LogP contribution in [0.25, 0.3) is 0 Å². The van der Waals surface area contributed by atoms with E-state index in [9.17, 15) is 14.4 Å². The lowest BCUT2D eigenvalue weighted by atomic mass is 9.64. The molecule has 0 aromatic heterocycles. The van der Waals surface area contributed by atoms with E-state index in [1.54, 1.807) is 6.07 Å². The Hall–Kier alpha value is -1.77. The van der Waals surface area contributed by atoms with Gasteiger partial charge in [-0.25, -0.2) is 0 Å². The third-order valence-corrected chi connectivity index (χ3v) is 4.94. The molecule has 0 saturated heterocycles. The minimum Gasteiger partial charge on any atom is -0.300 e. The van der Waals surface area contributed by atoms with Crippen LogP contribution in [0.4, 0.5) is 0 Å². The van der Waals surface area contributed by atoms with Crippen LogP contribution in [0.2, 0.25) is 0 Å². The number of ketones is 3. The summed E-state index contributed by atoms with van der Waals surface area (Å²) in [7, 11) is 0. The van der Waals surface area contributed by atoms with Crippen molar-refractivity contribution in [3.63, 3.8) is 0 Å². The molecule has 2 aliphatic rings. The van der Waals surface area contributed by atoms with Gasteiger partial charge in [0.1, 0.15) is 11.6 Å². The third kappa shape index (κ3) is 1.76. The van der Waals surface area contributed by atoms with Gasteiger partial charge in [-0.1, -0.05) is 24.3 Å². The number of carbonyl (C=O) groups is 3. The zero-order valence-electron chi connectivity index (χ0n) is 11.6. The van der Waals surface area contributed by atoms with Crippen LogP contribution in [0.15, 0.2) is 24.3 Å². The first kappa shape index (κ1) is 13.2. The Kier molecular flexibility index (Phi) is 3.08. The molecule has 3 nitrogen and oxygen atoms in total. The molecular weight excluding hydrogens is 252 g/mol. The first-order valence-electron chi connectivity index (χ1n) is 7.21. The molecule has 20 heavy (non-hydrogen) atoms. The maximum Gasteiger partial charge on any atom is 0.177 e. The van der Waals surface area contributed by atoms with Crippen LogP contribution < -0.4 is 0 Å². The number of benzene rings is 1. The van der Waals surface area contributed by atoms with E-state index in [1.807, 2.05) is 18.2 Å². The van der Waals surface area contributed by atoms with Crippen LogP contribution in [-0.4, -0.2) is 17.3 Å². The summed E-state index contributed by atoms with van der Waals surface area (Å²) in [6, 6.07) is 7.45. The van der Waals surface area contributed by atoms with Gasteiger partial charge in [0.2, 0.25) is 0 Å². The monoisotopic (exact) mass is 270 g/mol. The summed E-state index contributed by atoms with van der Waals surface area (Å²) in [5, 5.41) is 0. The molecule has 0 spiro atoms. The van der Waals surface area contributed by atoms with Crippen LogP contribution >= 0.6 is 0 Å². The summed E-state index contributed by atoms with van der Waals surface area (Å²) in [6.45, 7) is 1.50. The Labute approximate surface area is 118 Å². The van der Waals surface area contributed by atoms with Crippen LogP contribution in [0, 0.1) is 11.3 Å². The number of Topliss-reactive ketones (excluding diaryl/α,β-unsaturated/α-hetero) is 3. The smallest absolute Gasteiger partial charge is 0.177 e. The number of fused-ring (bicyclic) bond motifs is 1. The number of carbonyl (C=O) groups excluding carboxylic acids is 3. The van der Waals surface area contributed by atoms with E-state index in [0.29, 0.717) is 24.8 Å². The van der Waals surface area contributed by atoms with Gasteiger partial charge in [-0.15, -0.1) is 0 Å². The Morgan fingerprint density at radius 2 is 2.00 bits per heavy atom. The zero-order chi connectivity index (χ0) is 14.3. The fraction of sp³-hybridized carbons (Fsp3) is 0.471. The molecule has 0 radical (unpaired) electrons. The van der Waals surface area contributed by atoms with E-state index in [4.69, 9.17) is 0 Å². The summed E-state index contributed by atoms with van der Waals surface area (Å²) in [6.07, 6.45) is 3.02. The molecule has 0 aliphatic heterocycles. The molecule has 1 fully saturated rings. The van der Waals surface area contributed by atoms with Crippen molar-refractivity contribution in [3.05, 3.63) is 35.4 Å². The highest BCUT2D eigenvalue weighted by atomic mass is 16.2. The van der Waals surface area contributed by atoms with Gasteiger partial charge in [0, 0.05) is 18.4 Å². The highest BCUT2D eigenvalue weighted by molar-refractivity contribution is 6.17. The highest BCUT2D eigenvalue weighted by Gasteiger charge is 2.54. The van der Waals surface area contributed by atoms with E-state index in [0.717, 1.165) is 18.4 Å². The van der Waals surface area contributed by atoms with E-state index in [1.165, 1.54) is 6.92 Å². The zero-order valence-corrected chi connectivity index (χ0v) is 11.6. The first-order chi connectivity index (χ1) is 9.55. The van der Waals surface area contributed by atoms with Crippen molar-refractivity contribution >= 4 is 17.3 Å². The molecule has 3 rings (SSSR count). The van der Waals surface area contributed by atoms with E-state index in [2.05, 4.69) is 0 Å². The third-order valence-electron chi connectivity index (χ3n) is 4.94. The molecule has 1 saturated carbocycles. The second-order valence-corrected chi connectivity index (χ2v) is 6.02. The average molecular weight is 270 g/mol. The van der Waals surface area contributed by atoms with Crippen molar-refractivity contribution in [2.24, 2.45) is 11.3 Å². The summed E-state index contributed by atoms with van der Waals surface area (Å²) < 4.78 is 0. The van der Waals surface area contributed by atoms with Gasteiger partial charge in [0.05, 0.1) is 5.41 Å². The summed E-state index contributed by atoms with van der Waals surface area (Å²) >= 11 is 0. The van der Waals surface area contributed by atoms with E-state index < -0.39 is 5.41 Å². The Bertz CT molecular complexity index is 602. The molecule has 1 aromatic carbocycles. The molecule has 0 bridgehead atoms. The lowest BCUT2D eigenvalue weighted by Crippen LogP contribution is -2.45. The van der Waals surface area contributed by atoms with Gasteiger partial charge in [-0.3, -0.25) is 14.4 Å². The number of rotatable bonds is 2. The minimum atomic E-state index is -0.986. The van der Waals surface area contributed by atoms with Gasteiger partial charge < -0.3 is 0 Å². The van der Waals surface area contributed by atoms with E-state index in [-0.39, 0.29) is 23.3 Å². The predicted molar refractivity (Wildman–Crippen MR) is 74.6 cm³/mol. The molecular formula is C17H18O3. The Morgan fingerprint density at radius 3 is 2.65 bits per heavy atom. The Balaban J connectivity index is 2.05. The predicted octanol–water partition coefficient (Wildman–Crippen LogP) is 2.76. The fourth-order valence-electron chi connectivity index (χ4n) is 3.86. The molecule has 0 amide bonds. The normalized spacial score (nSPS) is 29.4. The molecule has 3 heteroatoms. The lowest BCUT2D eigenvalue weighted by Gasteiger charge is -2.35. The van der Waals surface area contributed by atoms with Crippen LogP contribution in [0.3, 0.4) is 0 Å². The van der Waals surface area contributed by atoms with Crippen LogP contribution in [-0.2, 0) is 16.0 Å². The molecule has 2 aliphatic carbocycles. The van der Waals surface area contributed by atoms with Crippen molar-refractivity contribution in [2.75, 3.05) is 0 Å². The average Bonchev–Trinajstić information content (AvgIpc) is 2.74.